The Morgan fingerprint density at radius 1 is 1.06 bits per heavy atom. The molecule has 0 saturated carbocycles. The highest BCUT2D eigenvalue weighted by Gasteiger charge is 2.07. The highest BCUT2D eigenvalue weighted by molar-refractivity contribution is 5.92. The minimum absolute atomic E-state index is 0. The van der Waals surface area contributed by atoms with Gasteiger partial charge in [-0.15, -0.1) is 0 Å². The number of halogens is 1. The van der Waals surface area contributed by atoms with Crippen molar-refractivity contribution in [1.82, 2.24) is 5.32 Å². The third-order valence-electron chi connectivity index (χ3n) is 2.98. The van der Waals surface area contributed by atoms with E-state index in [0.29, 0.717) is 0 Å². The lowest BCUT2D eigenvalue weighted by molar-refractivity contribution is 0.954. The summed E-state index contributed by atoms with van der Waals surface area (Å²) in [5, 5.41) is 5.96. The largest absolute Gasteiger partial charge is 0.372 e. The molecule has 1 aliphatic heterocycles. The van der Waals surface area contributed by atoms with Gasteiger partial charge in [0.25, 0.3) is 0 Å². The highest BCUT2D eigenvalue weighted by Crippen LogP contribution is 2.19. The zero-order valence-electron chi connectivity index (χ0n) is 9.52. The molecule has 0 saturated heterocycles. The fourth-order valence-corrected chi connectivity index (χ4v) is 2.19. The minimum atomic E-state index is 0. The Bertz CT molecular complexity index is 543. The van der Waals surface area contributed by atoms with Crippen LogP contribution < -0.4 is 5.32 Å². The van der Waals surface area contributed by atoms with Crippen molar-refractivity contribution in [3.63, 3.8) is 0 Å². The lowest BCUT2D eigenvalue weighted by Gasteiger charge is -2.06. The number of fused-ring (bicyclic) bond motifs is 1. The second kappa shape index (κ2) is 4.95. The summed E-state index contributed by atoms with van der Waals surface area (Å²) in [4.78, 5) is 4.44. The number of aliphatic imine (C=N–C) groups is 1. The molecule has 0 amide bonds. The van der Waals surface area contributed by atoms with E-state index in [1.54, 1.807) is 0 Å². The van der Waals surface area contributed by atoms with Crippen LogP contribution in [0.2, 0.25) is 0 Å². The van der Waals surface area contributed by atoms with E-state index in [4.69, 9.17) is 0 Å². The Hall–Kier alpha value is -1.90. The minimum Gasteiger partial charge on any atom is -0.372 e. The monoisotopic (exact) mass is 230 g/mol. The number of rotatable bonds is 2. The third-order valence-corrected chi connectivity index (χ3v) is 2.98. The van der Waals surface area contributed by atoms with E-state index < -0.39 is 0 Å². The number of nitrogens with one attached hydrogen (secondary N) is 1. The first-order chi connectivity index (χ1) is 7.93. The summed E-state index contributed by atoms with van der Waals surface area (Å²) >= 11 is 0. The fourth-order valence-electron chi connectivity index (χ4n) is 2.19. The van der Waals surface area contributed by atoms with Crippen molar-refractivity contribution in [2.24, 2.45) is 4.99 Å². The summed E-state index contributed by atoms with van der Waals surface area (Å²) in [5.74, 6) is 1.12. The summed E-state index contributed by atoms with van der Waals surface area (Å²) in [7, 11) is 0. The number of amidine groups is 1. The molecule has 0 unspecified atom stereocenters. The smallest absolute Gasteiger partial charge is 0.101 e. The van der Waals surface area contributed by atoms with Gasteiger partial charge in [0, 0.05) is 13.0 Å². The van der Waals surface area contributed by atoms with Gasteiger partial charge >= 0.3 is 0 Å². The zero-order chi connectivity index (χ0) is 10.8. The maximum Gasteiger partial charge on any atom is 0.101 e. The summed E-state index contributed by atoms with van der Waals surface area (Å²) < 4.78 is 0. The van der Waals surface area contributed by atoms with Crippen molar-refractivity contribution < 1.29 is 4.70 Å². The molecule has 1 aliphatic rings. The Morgan fingerprint density at radius 2 is 1.88 bits per heavy atom. The van der Waals surface area contributed by atoms with Crippen molar-refractivity contribution in [2.45, 2.75) is 6.42 Å². The van der Waals surface area contributed by atoms with Crippen LogP contribution >= 0.6 is 0 Å². The second-order valence-electron chi connectivity index (χ2n) is 4.07. The van der Waals surface area contributed by atoms with E-state index in [1.165, 1.54) is 16.3 Å². The summed E-state index contributed by atoms with van der Waals surface area (Å²) in [5.41, 5.74) is 1.35. The average molecular weight is 230 g/mol. The van der Waals surface area contributed by atoms with Crippen LogP contribution in [0.5, 0.6) is 0 Å². The molecule has 0 fully saturated rings. The molecule has 3 rings (SSSR count). The van der Waals surface area contributed by atoms with Gasteiger partial charge in [0.1, 0.15) is 5.84 Å². The fraction of sp³-hybridized carbons (Fsp3) is 0.214. The Labute approximate surface area is 99.7 Å². The molecule has 88 valence electrons. The summed E-state index contributed by atoms with van der Waals surface area (Å²) in [6.07, 6.45) is 0.918. The third kappa shape index (κ3) is 2.28. The molecular formula is C14H15FN2. The average Bonchev–Trinajstić information content (AvgIpc) is 2.82. The molecule has 0 atom stereocenters. The first-order valence-electron chi connectivity index (χ1n) is 5.67. The molecule has 0 bridgehead atoms. The zero-order valence-corrected chi connectivity index (χ0v) is 9.52. The van der Waals surface area contributed by atoms with Crippen LogP contribution in [0.1, 0.15) is 5.56 Å². The molecule has 2 nitrogen and oxygen atoms in total. The van der Waals surface area contributed by atoms with E-state index in [2.05, 4.69) is 52.8 Å². The quantitative estimate of drug-likeness (QED) is 0.842. The standard InChI is InChI=1S/C14H14N2.FH/c1-2-7-13-11(4-1)5-3-6-12(13)10-14-15-8-9-16-14;/h1-7H,8-10H2,(H,15,16);1H. The normalized spacial score (nSPS) is 14.0. The Morgan fingerprint density at radius 3 is 2.71 bits per heavy atom. The SMILES string of the molecule is F.c1ccc2c(CC3=NCCN3)cccc2c1. The van der Waals surface area contributed by atoms with Crippen molar-refractivity contribution in [3.8, 4) is 0 Å². The van der Waals surface area contributed by atoms with Gasteiger partial charge in [0.05, 0.1) is 6.54 Å². The summed E-state index contributed by atoms with van der Waals surface area (Å²) in [6, 6.07) is 15.0. The molecule has 17 heavy (non-hydrogen) atoms. The van der Waals surface area contributed by atoms with Gasteiger partial charge < -0.3 is 5.32 Å². The van der Waals surface area contributed by atoms with E-state index in [-0.39, 0.29) is 4.70 Å². The van der Waals surface area contributed by atoms with Crippen LogP contribution in [-0.4, -0.2) is 18.9 Å². The van der Waals surface area contributed by atoms with Crippen molar-refractivity contribution in [3.05, 3.63) is 48.0 Å². The molecule has 2 aromatic rings. The topological polar surface area (TPSA) is 24.4 Å². The molecule has 0 aromatic heterocycles. The van der Waals surface area contributed by atoms with Crippen molar-refractivity contribution in [2.75, 3.05) is 13.1 Å². The van der Waals surface area contributed by atoms with Crippen molar-refractivity contribution in [1.29, 1.82) is 0 Å². The van der Waals surface area contributed by atoms with E-state index in [1.807, 2.05) is 0 Å². The van der Waals surface area contributed by atoms with Crippen LogP contribution in [0.4, 0.5) is 4.70 Å². The lowest BCUT2D eigenvalue weighted by Crippen LogP contribution is -2.20. The Balaban J connectivity index is 0.00000108. The predicted molar refractivity (Wildman–Crippen MR) is 70.5 cm³/mol. The maximum atomic E-state index is 4.44. The van der Waals surface area contributed by atoms with E-state index in [0.717, 1.165) is 25.3 Å². The molecule has 0 radical (unpaired) electrons. The molecule has 3 heteroatoms. The van der Waals surface area contributed by atoms with Crippen LogP contribution in [0.3, 0.4) is 0 Å². The Kier molecular flexibility index (Phi) is 3.38. The van der Waals surface area contributed by atoms with Crippen LogP contribution in [0.15, 0.2) is 47.5 Å². The van der Waals surface area contributed by atoms with Gasteiger partial charge in [-0.1, -0.05) is 42.5 Å². The van der Waals surface area contributed by atoms with Gasteiger partial charge in [-0.05, 0) is 16.3 Å². The van der Waals surface area contributed by atoms with Gasteiger partial charge in [-0.25, -0.2) is 0 Å². The lowest BCUT2D eigenvalue weighted by atomic mass is 10.0. The molecular weight excluding hydrogens is 215 g/mol. The predicted octanol–water partition coefficient (Wildman–Crippen LogP) is 2.54. The number of benzene rings is 2. The van der Waals surface area contributed by atoms with Crippen molar-refractivity contribution >= 4 is 16.6 Å². The molecule has 1 N–H and O–H groups in total. The summed E-state index contributed by atoms with van der Waals surface area (Å²) in [6.45, 7) is 1.90. The molecule has 2 aromatic carbocycles. The highest BCUT2D eigenvalue weighted by atomic mass is 19.0. The van der Waals surface area contributed by atoms with Crippen LogP contribution in [0.25, 0.3) is 10.8 Å². The van der Waals surface area contributed by atoms with Gasteiger partial charge in [0.2, 0.25) is 0 Å². The van der Waals surface area contributed by atoms with E-state index in [9.17, 15) is 0 Å². The van der Waals surface area contributed by atoms with Gasteiger partial charge in [-0.3, -0.25) is 9.70 Å². The first kappa shape index (κ1) is 11.6. The molecule has 1 heterocycles. The van der Waals surface area contributed by atoms with Gasteiger partial charge in [0.15, 0.2) is 0 Å². The number of hydrogen-bond donors (Lipinski definition) is 1. The number of nitrogens with zero attached hydrogens (tertiary/aromatic N) is 1. The van der Waals surface area contributed by atoms with Crippen LogP contribution in [-0.2, 0) is 6.42 Å². The van der Waals surface area contributed by atoms with Crippen LogP contribution in [0, 0.1) is 0 Å². The van der Waals surface area contributed by atoms with Gasteiger partial charge in [-0.2, -0.15) is 0 Å². The second-order valence-corrected chi connectivity index (χ2v) is 4.07. The molecule has 0 aliphatic carbocycles. The number of hydrogen-bond acceptors (Lipinski definition) is 2. The molecule has 0 spiro atoms. The first-order valence-corrected chi connectivity index (χ1v) is 5.67. The van der Waals surface area contributed by atoms with E-state index >= 15 is 0 Å². The maximum absolute atomic E-state index is 4.44.